The van der Waals surface area contributed by atoms with Crippen molar-refractivity contribution < 1.29 is 71.9 Å². The molecule has 90 valence electrons. The van der Waals surface area contributed by atoms with Gasteiger partial charge in [-0.3, -0.25) is 0 Å². The summed E-state index contributed by atoms with van der Waals surface area (Å²) in [7, 11) is 0. The van der Waals surface area contributed by atoms with Crippen LogP contribution >= 0.6 is 0 Å². The van der Waals surface area contributed by atoms with Gasteiger partial charge in [-0.15, -0.1) is 0 Å². The maximum Gasteiger partial charge on any atom is 1.00 e. The Bertz CT molecular complexity index is 232. The van der Waals surface area contributed by atoms with Crippen LogP contribution in [0.15, 0.2) is 0 Å². The predicted molar refractivity (Wildman–Crippen MR) is 56.7 cm³/mol. The number of carbonyl (C=O) groups excluding carboxylic acids is 2. The molecule has 0 bridgehead atoms. The van der Waals surface area contributed by atoms with Gasteiger partial charge in [0.25, 0.3) is 0 Å². The Labute approximate surface area is 141 Å². The summed E-state index contributed by atoms with van der Waals surface area (Å²) in [6.45, 7) is 10.3. The fraction of sp³-hybridized carbons (Fsp3) is 0.800. The number of rotatable bonds is 0. The van der Waals surface area contributed by atoms with Crippen LogP contribution in [0.3, 0.4) is 0 Å². The second kappa shape index (κ2) is 6.95. The van der Waals surface area contributed by atoms with Gasteiger partial charge >= 0.3 is 63.6 Å². The molecule has 0 saturated carbocycles. The number of carbonyl (C=O) groups is 2. The van der Waals surface area contributed by atoms with Crippen molar-refractivity contribution >= 4 is 12.2 Å². The van der Waals surface area contributed by atoms with Gasteiger partial charge in [-0.2, -0.15) is 0 Å². The molecular weight excluding hydrogens is 237 g/mol. The molecule has 0 aromatic carbocycles. The van der Waals surface area contributed by atoms with Crippen molar-refractivity contribution in [3.8, 4) is 0 Å². The van der Waals surface area contributed by atoms with Gasteiger partial charge in [0.05, 0.1) is 0 Å². The number of hydrogen-bond donors (Lipinski definition) is 1. The summed E-state index contributed by atoms with van der Waals surface area (Å²) in [5.74, 6) is 0. The van der Waals surface area contributed by atoms with Crippen molar-refractivity contribution in [2.75, 3.05) is 0 Å². The Morgan fingerprint density at radius 3 is 1.31 bits per heavy atom. The standard InChI is InChI=1S/C10H19NO4.K.H/c1-9(2,3)14-7(12)11-8(13)15-10(4,5)6;;/h1-6H3,(H,11,12,13);;/q;+1;-1. The third-order valence-electron chi connectivity index (χ3n) is 1.00. The number of hydrogen-bond acceptors (Lipinski definition) is 4. The van der Waals surface area contributed by atoms with Crippen LogP contribution in [0.2, 0.25) is 0 Å². The van der Waals surface area contributed by atoms with E-state index in [1.165, 1.54) is 0 Å². The van der Waals surface area contributed by atoms with Gasteiger partial charge in [-0.05, 0) is 41.5 Å². The number of imide groups is 1. The van der Waals surface area contributed by atoms with Gasteiger partial charge in [0.15, 0.2) is 0 Å². The maximum absolute atomic E-state index is 11.1. The van der Waals surface area contributed by atoms with Crippen LogP contribution in [0, 0.1) is 0 Å². The first kappa shape index (κ1) is 18.7. The van der Waals surface area contributed by atoms with Gasteiger partial charge in [-0.1, -0.05) is 0 Å². The fourth-order valence-electron chi connectivity index (χ4n) is 0.691. The van der Waals surface area contributed by atoms with Gasteiger partial charge in [-0.25, -0.2) is 14.9 Å². The minimum Gasteiger partial charge on any atom is -1.00 e. The minimum absolute atomic E-state index is 0. The molecule has 0 spiro atoms. The van der Waals surface area contributed by atoms with Gasteiger partial charge < -0.3 is 10.9 Å². The first-order valence-corrected chi connectivity index (χ1v) is 4.72. The normalized spacial score (nSPS) is 11.1. The Hall–Kier alpha value is 0.376. The molecule has 6 heteroatoms. The number of alkyl carbamates (subject to hydrolysis) is 2. The Balaban J connectivity index is -0.000000980. The smallest absolute Gasteiger partial charge is 1.00 e. The van der Waals surface area contributed by atoms with E-state index < -0.39 is 23.4 Å². The van der Waals surface area contributed by atoms with E-state index in [4.69, 9.17) is 9.47 Å². The predicted octanol–water partition coefficient (Wildman–Crippen LogP) is -0.437. The first-order chi connectivity index (χ1) is 6.49. The van der Waals surface area contributed by atoms with Crippen LogP contribution in [-0.2, 0) is 9.47 Å². The summed E-state index contributed by atoms with van der Waals surface area (Å²) in [6, 6.07) is 0. The third kappa shape index (κ3) is 12.4. The number of ether oxygens (including phenoxy) is 2. The summed E-state index contributed by atoms with van der Waals surface area (Å²) in [5, 5.41) is 1.97. The zero-order chi connectivity index (χ0) is 12.3. The minimum atomic E-state index is -0.809. The first-order valence-electron chi connectivity index (χ1n) is 4.72. The molecule has 0 rings (SSSR count). The maximum atomic E-state index is 11.1. The Kier molecular flexibility index (Phi) is 8.14. The number of amides is 2. The van der Waals surface area contributed by atoms with Gasteiger partial charge in [0.2, 0.25) is 0 Å². The van der Waals surface area contributed by atoms with E-state index in [1.807, 2.05) is 5.32 Å². The van der Waals surface area contributed by atoms with Crippen molar-refractivity contribution in [3.63, 3.8) is 0 Å². The zero-order valence-corrected chi connectivity index (χ0v) is 14.3. The van der Waals surface area contributed by atoms with E-state index >= 15 is 0 Å². The molecule has 0 aromatic heterocycles. The summed E-state index contributed by atoms with van der Waals surface area (Å²) in [4.78, 5) is 22.2. The molecule has 0 heterocycles. The van der Waals surface area contributed by atoms with E-state index in [-0.39, 0.29) is 52.8 Å². The van der Waals surface area contributed by atoms with Crippen molar-refractivity contribution in [1.82, 2.24) is 5.32 Å². The van der Waals surface area contributed by atoms with Crippen molar-refractivity contribution in [1.29, 1.82) is 0 Å². The van der Waals surface area contributed by atoms with Crippen molar-refractivity contribution in [2.24, 2.45) is 0 Å². The summed E-state index contributed by atoms with van der Waals surface area (Å²) < 4.78 is 9.74. The summed E-state index contributed by atoms with van der Waals surface area (Å²) in [6.07, 6.45) is -1.62. The SMILES string of the molecule is CC(C)(C)OC(=O)NC(=O)OC(C)(C)C.[H-].[K+]. The average molecular weight is 257 g/mol. The molecule has 5 nitrogen and oxygen atoms in total. The van der Waals surface area contributed by atoms with E-state index in [9.17, 15) is 9.59 Å². The molecule has 16 heavy (non-hydrogen) atoms. The largest absolute Gasteiger partial charge is 1.00 e. The van der Waals surface area contributed by atoms with Crippen LogP contribution in [0.5, 0.6) is 0 Å². The molecule has 0 atom stereocenters. The second-order valence-corrected chi connectivity index (χ2v) is 5.13. The topological polar surface area (TPSA) is 64.6 Å². The molecule has 0 unspecified atom stereocenters. The molecule has 0 aromatic rings. The van der Waals surface area contributed by atoms with E-state index in [2.05, 4.69) is 0 Å². The molecule has 1 N–H and O–H groups in total. The van der Waals surface area contributed by atoms with Crippen LogP contribution in [-0.4, -0.2) is 23.4 Å². The molecule has 0 aliphatic heterocycles. The number of nitrogens with one attached hydrogen (secondary N) is 1. The quantitative estimate of drug-likeness (QED) is 0.598. The molecule has 0 radical (unpaired) electrons. The van der Waals surface area contributed by atoms with Crippen LogP contribution < -0.4 is 56.7 Å². The molecular formula is C10H20KNO4. The summed E-state index contributed by atoms with van der Waals surface area (Å²) >= 11 is 0. The molecule has 0 aliphatic rings. The monoisotopic (exact) mass is 257 g/mol. The van der Waals surface area contributed by atoms with E-state index in [0.717, 1.165) is 0 Å². The fourth-order valence-corrected chi connectivity index (χ4v) is 0.691. The Morgan fingerprint density at radius 2 is 1.12 bits per heavy atom. The zero-order valence-electron chi connectivity index (χ0n) is 12.1. The van der Waals surface area contributed by atoms with Crippen molar-refractivity contribution in [3.05, 3.63) is 0 Å². The van der Waals surface area contributed by atoms with Gasteiger partial charge in [0.1, 0.15) is 11.2 Å². The van der Waals surface area contributed by atoms with Crippen LogP contribution in [0.1, 0.15) is 43.0 Å². The van der Waals surface area contributed by atoms with E-state index in [1.54, 1.807) is 41.5 Å². The van der Waals surface area contributed by atoms with Crippen LogP contribution in [0.4, 0.5) is 9.59 Å². The molecule has 0 saturated heterocycles. The third-order valence-corrected chi connectivity index (χ3v) is 1.00. The van der Waals surface area contributed by atoms with E-state index in [0.29, 0.717) is 0 Å². The average Bonchev–Trinajstić information content (AvgIpc) is 1.73. The second-order valence-electron chi connectivity index (χ2n) is 5.13. The Morgan fingerprint density at radius 1 is 0.875 bits per heavy atom. The summed E-state index contributed by atoms with van der Waals surface area (Å²) in [5.41, 5.74) is -1.27. The molecule has 0 aliphatic carbocycles. The molecule has 0 fully saturated rings. The van der Waals surface area contributed by atoms with Crippen molar-refractivity contribution in [2.45, 2.75) is 52.7 Å². The van der Waals surface area contributed by atoms with Gasteiger partial charge in [0, 0.05) is 0 Å². The van der Waals surface area contributed by atoms with Crippen LogP contribution in [0.25, 0.3) is 0 Å². The molecule has 2 amide bonds.